The van der Waals surface area contributed by atoms with E-state index in [0.29, 0.717) is 5.56 Å². The highest BCUT2D eigenvalue weighted by molar-refractivity contribution is 6.39. The molecule has 0 aliphatic rings. The summed E-state index contributed by atoms with van der Waals surface area (Å²) >= 11 is 12.4. The van der Waals surface area contributed by atoms with Gasteiger partial charge in [0.2, 0.25) is 0 Å². The lowest BCUT2D eigenvalue weighted by Crippen LogP contribution is -2.43. The van der Waals surface area contributed by atoms with Gasteiger partial charge >= 0.3 is 5.97 Å². The highest BCUT2D eigenvalue weighted by Crippen LogP contribution is 2.39. The standard InChI is InChI=1S/C25H14Cl2F4N2O3/c26-16-8-12(28)9-17(27)21(16)14-5-4-11(15-7-13(29)10-32-23(14)15)6-20(25(35)36)33-24(34)22-18(30)2-1-3-19(22)31/h1-5,7-10,20H,6H2,(H,33,34)(H,35,36). The number of aliphatic carboxylic acids is 1. The van der Waals surface area contributed by atoms with E-state index in [-0.39, 0.29) is 38.5 Å². The van der Waals surface area contributed by atoms with E-state index >= 15 is 0 Å². The zero-order chi connectivity index (χ0) is 26.1. The molecule has 36 heavy (non-hydrogen) atoms. The average Bonchev–Trinajstić information content (AvgIpc) is 2.78. The second-order valence-electron chi connectivity index (χ2n) is 7.73. The number of pyridine rings is 1. The fourth-order valence-electron chi connectivity index (χ4n) is 3.80. The summed E-state index contributed by atoms with van der Waals surface area (Å²) in [7, 11) is 0. The van der Waals surface area contributed by atoms with Gasteiger partial charge in [-0.05, 0) is 35.9 Å². The Morgan fingerprint density at radius 3 is 2.19 bits per heavy atom. The van der Waals surface area contributed by atoms with Gasteiger partial charge in [0.1, 0.15) is 34.9 Å². The van der Waals surface area contributed by atoms with Gasteiger partial charge in [-0.15, -0.1) is 0 Å². The summed E-state index contributed by atoms with van der Waals surface area (Å²) in [5.74, 6) is -6.49. The Morgan fingerprint density at radius 1 is 0.944 bits per heavy atom. The SMILES string of the molecule is O=C(NC(Cc1ccc(-c2c(Cl)cc(F)cc2Cl)c2ncc(F)cc12)C(=O)O)c1c(F)cccc1F. The molecular formula is C25H14Cl2F4N2O3. The van der Waals surface area contributed by atoms with Crippen LogP contribution in [-0.2, 0) is 11.2 Å². The minimum Gasteiger partial charge on any atom is -0.480 e. The number of nitrogens with one attached hydrogen (secondary N) is 1. The second kappa shape index (κ2) is 10.1. The number of aromatic nitrogens is 1. The highest BCUT2D eigenvalue weighted by Gasteiger charge is 2.26. The molecule has 3 aromatic carbocycles. The van der Waals surface area contributed by atoms with Crippen molar-refractivity contribution in [2.75, 3.05) is 0 Å². The number of halogens is 6. The molecule has 1 atom stereocenters. The number of nitrogens with zero attached hydrogens (tertiary/aromatic N) is 1. The first-order chi connectivity index (χ1) is 17.1. The number of hydrogen-bond acceptors (Lipinski definition) is 3. The molecule has 4 rings (SSSR count). The zero-order valence-electron chi connectivity index (χ0n) is 18.0. The van der Waals surface area contributed by atoms with Gasteiger partial charge in [0.15, 0.2) is 0 Å². The number of carbonyl (C=O) groups is 2. The zero-order valence-corrected chi connectivity index (χ0v) is 19.5. The summed E-state index contributed by atoms with van der Waals surface area (Å²) in [6.45, 7) is 0. The van der Waals surface area contributed by atoms with Crippen LogP contribution in [0.25, 0.3) is 22.0 Å². The Hall–Kier alpha value is -3.69. The Bertz CT molecular complexity index is 1490. The maximum absolute atomic E-state index is 14.1. The number of rotatable bonds is 6. The number of amides is 1. The van der Waals surface area contributed by atoms with Crippen LogP contribution in [0.3, 0.4) is 0 Å². The molecule has 1 amide bonds. The number of carbonyl (C=O) groups excluding carboxylic acids is 1. The van der Waals surface area contributed by atoms with Gasteiger partial charge in [-0.3, -0.25) is 9.78 Å². The van der Waals surface area contributed by atoms with Crippen molar-refractivity contribution in [2.45, 2.75) is 12.5 Å². The maximum atomic E-state index is 14.1. The van der Waals surface area contributed by atoms with E-state index in [1.807, 2.05) is 0 Å². The van der Waals surface area contributed by atoms with Crippen LogP contribution in [0.4, 0.5) is 17.6 Å². The first-order valence-electron chi connectivity index (χ1n) is 10.3. The molecule has 0 aliphatic heterocycles. The molecule has 0 spiro atoms. The molecule has 0 saturated heterocycles. The third-order valence-electron chi connectivity index (χ3n) is 5.40. The molecule has 1 heterocycles. The van der Waals surface area contributed by atoms with Gasteiger partial charge in [0.05, 0.1) is 21.8 Å². The summed E-state index contributed by atoms with van der Waals surface area (Å²) in [5, 5.41) is 11.9. The number of carboxylic acids is 1. The third kappa shape index (κ3) is 4.98. The van der Waals surface area contributed by atoms with E-state index in [0.717, 1.165) is 42.6 Å². The van der Waals surface area contributed by atoms with Crippen molar-refractivity contribution in [1.82, 2.24) is 10.3 Å². The Balaban J connectivity index is 1.77. The lowest BCUT2D eigenvalue weighted by Gasteiger charge is -2.18. The molecule has 0 fully saturated rings. The van der Waals surface area contributed by atoms with Crippen molar-refractivity contribution < 1.29 is 32.3 Å². The quantitative estimate of drug-likeness (QED) is 0.288. The lowest BCUT2D eigenvalue weighted by atomic mass is 9.95. The van der Waals surface area contributed by atoms with E-state index in [4.69, 9.17) is 23.2 Å². The summed E-state index contributed by atoms with van der Waals surface area (Å²) in [6.07, 6.45) is 0.544. The van der Waals surface area contributed by atoms with E-state index < -0.39 is 46.8 Å². The van der Waals surface area contributed by atoms with Crippen molar-refractivity contribution in [2.24, 2.45) is 0 Å². The molecule has 5 nitrogen and oxygen atoms in total. The van der Waals surface area contributed by atoms with Crippen molar-refractivity contribution in [3.8, 4) is 11.1 Å². The summed E-state index contributed by atoms with van der Waals surface area (Å²) in [4.78, 5) is 28.4. The number of hydrogen-bond donors (Lipinski definition) is 2. The van der Waals surface area contributed by atoms with Crippen molar-refractivity contribution in [3.63, 3.8) is 0 Å². The van der Waals surface area contributed by atoms with Crippen LogP contribution in [0.1, 0.15) is 15.9 Å². The topological polar surface area (TPSA) is 79.3 Å². The Kier molecular flexibility index (Phi) is 7.14. The number of fused-ring (bicyclic) bond motifs is 1. The van der Waals surface area contributed by atoms with Crippen molar-refractivity contribution in [3.05, 3.63) is 99.2 Å². The van der Waals surface area contributed by atoms with E-state index in [1.54, 1.807) is 0 Å². The van der Waals surface area contributed by atoms with Gasteiger partial charge in [0, 0.05) is 22.9 Å². The van der Waals surface area contributed by atoms with Gasteiger partial charge in [-0.1, -0.05) is 41.4 Å². The van der Waals surface area contributed by atoms with E-state index in [2.05, 4.69) is 10.3 Å². The van der Waals surface area contributed by atoms with Crippen LogP contribution in [0.2, 0.25) is 10.0 Å². The molecule has 0 bridgehead atoms. The summed E-state index contributed by atoms with van der Waals surface area (Å²) in [5.41, 5.74) is 0.0515. The second-order valence-corrected chi connectivity index (χ2v) is 8.55. The smallest absolute Gasteiger partial charge is 0.326 e. The van der Waals surface area contributed by atoms with Gasteiger partial charge in [-0.2, -0.15) is 0 Å². The normalized spacial score (nSPS) is 11.9. The van der Waals surface area contributed by atoms with Gasteiger partial charge in [-0.25, -0.2) is 22.4 Å². The van der Waals surface area contributed by atoms with E-state index in [9.17, 15) is 32.3 Å². The maximum Gasteiger partial charge on any atom is 0.326 e. The molecule has 0 aliphatic carbocycles. The number of benzene rings is 3. The van der Waals surface area contributed by atoms with Gasteiger partial charge in [0.25, 0.3) is 5.91 Å². The monoisotopic (exact) mass is 536 g/mol. The third-order valence-corrected chi connectivity index (χ3v) is 6.00. The highest BCUT2D eigenvalue weighted by atomic mass is 35.5. The summed E-state index contributed by atoms with van der Waals surface area (Å²) < 4.78 is 55.8. The molecule has 4 aromatic rings. The Morgan fingerprint density at radius 2 is 1.58 bits per heavy atom. The average molecular weight is 537 g/mol. The largest absolute Gasteiger partial charge is 0.480 e. The molecular weight excluding hydrogens is 523 g/mol. The van der Waals surface area contributed by atoms with E-state index in [1.165, 1.54) is 12.1 Å². The fourth-order valence-corrected chi connectivity index (χ4v) is 4.46. The minimum absolute atomic E-state index is 0.0252. The minimum atomic E-state index is -1.63. The first kappa shape index (κ1) is 25.4. The Labute approximate surface area is 211 Å². The molecule has 0 saturated carbocycles. The molecule has 0 radical (unpaired) electrons. The fraction of sp³-hybridized carbons (Fsp3) is 0.0800. The summed E-state index contributed by atoms with van der Waals surface area (Å²) in [6, 6.07) is 7.28. The van der Waals surface area contributed by atoms with Crippen LogP contribution in [0.5, 0.6) is 0 Å². The number of carboxylic acid groups (broad SMARTS) is 1. The predicted molar refractivity (Wildman–Crippen MR) is 126 cm³/mol. The molecule has 184 valence electrons. The van der Waals surface area contributed by atoms with Crippen LogP contribution in [0.15, 0.2) is 54.7 Å². The van der Waals surface area contributed by atoms with Crippen LogP contribution in [-0.4, -0.2) is 28.0 Å². The van der Waals surface area contributed by atoms with Gasteiger partial charge < -0.3 is 10.4 Å². The van der Waals surface area contributed by atoms with Crippen molar-refractivity contribution >= 4 is 46.0 Å². The first-order valence-corrected chi connectivity index (χ1v) is 11.0. The van der Waals surface area contributed by atoms with Crippen molar-refractivity contribution in [1.29, 1.82) is 0 Å². The molecule has 2 N–H and O–H groups in total. The molecule has 1 aromatic heterocycles. The van der Waals surface area contributed by atoms with Crippen LogP contribution >= 0.6 is 23.2 Å². The molecule has 11 heteroatoms. The predicted octanol–water partition coefficient (Wildman–Crippen LogP) is 6.19. The van der Waals surface area contributed by atoms with Crippen LogP contribution < -0.4 is 5.32 Å². The molecule has 1 unspecified atom stereocenters. The lowest BCUT2D eigenvalue weighted by molar-refractivity contribution is -0.139. The van der Waals surface area contributed by atoms with Crippen LogP contribution in [0, 0.1) is 23.3 Å².